The fourth-order valence-electron chi connectivity index (χ4n) is 1.55. The zero-order chi connectivity index (χ0) is 14.0. The molecule has 0 aromatic heterocycles. The Hall–Kier alpha value is -0.740. The van der Waals surface area contributed by atoms with E-state index in [1.54, 1.807) is 12.1 Å². The van der Waals surface area contributed by atoms with Gasteiger partial charge in [-0.3, -0.25) is 0 Å². The van der Waals surface area contributed by atoms with Gasteiger partial charge < -0.3 is 10.5 Å². The van der Waals surface area contributed by atoms with Crippen LogP contribution in [0.3, 0.4) is 0 Å². The zero-order valence-electron chi connectivity index (χ0n) is 10.2. The van der Waals surface area contributed by atoms with Crippen molar-refractivity contribution < 1.29 is 4.74 Å². The average Bonchev–Trinajstić information content (AvgIpc) is 2.36. The standard InChI is InChI=1S/C14H12BrCl2NO/c1-8(18)9-2-4-10(5-3-9)19-14-7-12(16)11(15)6-13(14)17/h2-8H,18H2,1H3/t8-/m1/s1. The fraction of sp³-hybridized carbons (Fsp3) is 0.143. The second kappa shape index (κ2) is 6.14. The van der Waals surface area contributed by atoms with E-state index in [0.717, 1.165) is 10.0 Å². The van der Waals surface area contributed by atoms with Gasteiger partial charge in [0.1, 0.15) is 11.5 Å². The predicted molar refractivity (Wildman–Crippen MR) is 83.3 cm³/mol. The Labute approximate surface area is 130 Å². The van der Waals surface area contributed by atoms with Crippen LogP contribution < -0.4 is 10.5 Å². The molecule has 0 saturated heterocycles. The Bertz CT molecular complexity index is 585. The van der Waals surface area contributed by atoms with Crippen molar-refractivity contribution >= 4 is 39.1 Å². The molecule has 0 radical (unpaired) electrons. The van der Waals surface area contributed by atoms with Gasteiger partial charge in [-0.25, -0.2) is 0 Å². The van der Waals surface area contributed by atoms with Crippen LogP contribution in [0.25, 0.3) is 0 Å². The van der Waals surface area contributed by atoms with Gasteiger partial charge >= 0.3 is 0 Å². The number of benzene rings is 2. The van der Waals surface area contributed by atoms with Gasteiger partial charge in [0.15, 0.2) is 0 Å². The molecule has 2 aromatic rings. The minimum Gasteiger partial charge on any atom is -0.456 e. The van der Waals surface area contributed by atoms with Crippen molar-refractivity contribution in [1.29, 1.82) is 0 Å². The molecular formula is C14H12BrCl2NO. The molecule has 0 aliphatic rings. The third-order valence-corrected chi connectivity index (χ3v) is 4.10. The van der Waals surface area contributed by atoms with Gasteiger partial charge in [0, 0.05) is 16.6 Å². The molecule has 0 aliphatic carbocycles. The summed E-state index contributed by atoms with van der Waals surface area (Å²) in [5.41, 5.74) is 6.84. The molecule has 1 atom stereocenters. The van der Waals surface area contributed by atoms with Gasteiger partial charge in [-0.05, 0) is 46.6 Å². The Morgan fingerprint density at radius 2 is 1.74 bits per heavy atom. The fourth-order valence-corrected chi connectivity index (χ4v) is 2.38. The molecule has 0 heterocycles. The maximum atomic E-state index is 6.10. The van der Waals surface area contributed by atoms with E-state index in [4.69, 9.17) is 33.7 Å². The third kappa shape index (κ3) is 3.63. The molecule has 2 rings (SSSR count). The summed E-state index contributed by atoms with van der Waals surface area (Å²) in [6.07, 6.45) is 0. The number of nitrogens with two attached hydrogens (primary N) is 1. The summed E-state index contributed by atoms with van der Waals surface area (Å²) in [4.78, 5) is 0. The van der Waals surface area contributed by atoms with E-state index in [-0.39, 0.29) is 6.04 Å². The number of hydrogen-bond acceptors (Lipinski definition) is 2. The summed E-state index contributed by atoms with van der Waals surface area (Å²) in [5, 5.41) is 1.04. The van der Waals surface area contributed by atoms with Crippen molar-refractivity contribution in [3.05, 3.63) is 56.5 Å². The monoisotopic (exact) mass is 359 g/mol. The van der Waals surface area contributed by atoms with Crippen LogP contribution in [0.2, 0.25) is 10.0 Å². The molecule has 0 bridgehead atoms. The molecule has 2 aromatic carbocycles. The SMILES string of the molecule is C[C@@H](N)c1ccc(Oc2cc(Cl)c(Br)cc2Cl)cc1. The minimum atomic E-state index is -0.000219. The van der Waals surface area contributed by atoms with E-state index in [0.29, 0.717) is 21.5 Å². The van der Waals surface area contributed by atoms with E-state index >= 15 is 0 Å². The van der Waals surface area contributed by atoms with Crippen LogP contribution in [-0.2, 0) is 0 Å². The first-order chi connectivity index (χ1) is 8.97. The first kappa shape index (κ1) is 14.7. The zero-order valence-corrected chi connectivity index (χ0v) is 13.3. The highest BCUT2D eigenvalue weighted by Gasteiger charge is 2.08. The summed E-state index contributed by atoms with van der Waals surface area (Å²) in [6.45, 7) is 1.93. The quantitative estimate of drug-likeness (QED) is 0.726. The molecule has 100 valence electrons. The van der Waals surface area contributed by atoms with Gasteiger partial charge in [0.2, 0.25) is 0 Å². The topological polar surface area (TPSA) is 35.2 Å². The first-order valence-electron chi connectivity index (χ1n) is 5.65. The van der Waals surface area contributed by atoms with Crippen LogP contribution >= 0.6 is 39.1 Å². The van der Waals surface area contributed by atoms with Crippen molar-refractivity contribution in [2.75, 3.05) is 0 Å². The van der Waals surface area contributed by atoms with E-state index in [1.807, 2.05) is 31.2 Å². The van der Waals surface area contributed by atoms with Crippen LogP contribution in [0.1, 0.15) is 18.5 Å². The largest absolute Gasteiger partial charge is 0.456 e. The van der Waals surface area contributed by atoms with E-state index in [2.05, 4.69) is 15.9 Å². The molecule has 0 unspecified atom stereocenters. The van der Waals surface area contributed by atoms with Gasteiger partial charge in [-0.15, -0.1) is 0 Å². The van der Waals surface area contributed by atoms with Gasteiger partial charge in [0.05, 0.1) is 10.0 Å². The number of ether oxygens (including phenoxy) is 1. The maximum Gasteiger partial charge on any atom is 0.147 e. The van der Waals surface area contributed by atoms with Crippen molar-refractivity contribution in [3.8, 4) is 11.5 Å². The molecule has 0 saturated carbocycles. The second-order valence-electron chi connectivity index (χ2n) is 4.16. The molecule has 0 spiro atoms. The smallest absolute Gasteiger partial charge is 0.147 e. The van der Waals surface area contributed by atoms with Crippen LogP contribution in [0, 0.1) is 0 Å². The van der Waals surface area contributed by atoms with Gasteiger partial charge in [0.25, 0.3) is 0 Å². The third-order valence-electron chi connectivity index (χ3n) is 2.61. The van der Waals surface area contributed by atoms with E-state index < -0.39 is 0 Å². The molecule has 0 amide bonds. The molecule has 2 N–H and O–H groups in total. The van der Waals surface area contributed by atoms with E-state index in [1.165, 1.54) is 0 Å². The molecule has 19 heavy (non-hydrogen) atoms. The summed E-state index contributed by atoms with van der Waals surface area (Å²) in [5.74, 6) is 1.20. The van der Waals surface area contributed by atoms with Crippen molar-refractivity contribution in [2.24, 2.45) is 5.73 Å². The summed E-state index contributed by atoms with van der Waals surface area (Å²) >= 11 is 15.4. The van der Waals surface area contributed by atoms with Gasteiger partial charge in [-0.1, -0.05) is 35.3 Å². The molecule has 0 fully saturated rings. The summed E-state index contributed by atoms with van der Waals surface area (Å²) < 4.78 is 6.44. The highest BCUT2D eigenvalue weighted by Crippen LogP contribution is 2.36. The minimum absolute atomic E-state index is 0.000219. The predicted octanol–water partition coefficient (Wildman–Crippen LogP) is 5.57. The highest BCUT2D eigenvalue weighted by atomic mass is 79.9. The lowest BCUT2D eigenvalue weighted by molar-refractivity contribution is 0.482. The van der Waals surface area contributed by atoms with Crippen LogP contribution in [0.4, 0.5) is 0 Å². The van der Waals surface area contributed by atoms with Crippen molar-refractivity contribution in [2.45, 2.75) is 13.0 Å². The maximum absolute atomic E-state index is 6.10. The average molecular weight is 361 g/mol. The summed E-state index contributed by atoms with van der Waals surface area (Å²) in [6, 6.07) is 10.9. The Kier molecular flexibility index (Phi) is 4.74. The van der Waals surface area contributed by atoms with Crippen LogP contribution in [0.5, 0.6) is 11.5 Å². The summed E-state index contributed by atoms with van der Waals surface area (Å²) in [7, 11) is 0. The number of rotatable bonds is 3. The normalized spacial score (nSPS) is 12.3. The van der Waals surface area contributed by atoms with Crippen LogP contribution in [-0.4, -0.2) is 0 Å². The Balaban J connectivity index is 2.24. The first-order valence-corrected chi connectivity index (χ1v) is 7.20. The Morgan fingerprint density at radius 3 is 2.32 bits per heavy atom. The molecule has 0 aliphatic heterocycles. The van der Waals surface area contributed by atoms with Gasteiger partial charge in [-0.2, -0.15) is 0 Å². The number of hydrogen-bond donors (Lipinski definition) is 1. The highest BCUT2D eigenvalue weighted by molar-refractivity contribution is 9.10. The molecular weight excluding hydrogens is 349 g/mol. The van der Waals surface area contributed by atoms with Crippen molar-refractivity contribution in [1.82, 2.24) is 0 Å². The molecule has 5 heteroatoms. The lowest BCUT2D eigenvalue weighted by Crippen LogP contribution is -2.04. The van der Waals surface area contributed by atoms with Crippen molar-refractivity contribution in [3.63, 3.8) is 0 Å². The Morgan fingerprint density at radius 1 is 1.11 bits per heavy atom. The van der Waals surface area contributed by atoms with E-state index in [9.17, 15) is 0 Å². The van der Waals surface area contributed by atoms with Crippen LogP contribution in [0.15, 0.2) is 40.9 Å². The molecule has 2 nitrogen and oxygen atoms in total. The lowest BCUT2D eigenvalue weighted by Gasteiger charge is -2.10. The second-order valence-corrected chi connectivity index (χ2v) is 5.83. The lowest BCUT2D eigenvalue weighted by atomic mass is 10.1. The number of halogens is 3.